The SMILES string of the molecule is C=C(CCNCC(C)(C)OCC(C)(N)OC)Cc1c(-c2cc(C(F)(F)F)nn2C)ccc(CCc2ccc(C)cc2)c1-c1ccc(Cl)c(C(F)(F)F)c1. The van der Waals surface area contributed by atoms with Crippen LogP contribution < -0.4 is 11.1 Å². The molecule has 0 amide bonds. The van der Waals surface area contributed by atoms with Gasteiger partial charge >= 0.3 is 12.4 Å². The van der Waals surface area contributed by atoms with Crippen molar-refractivity contribution >= 4 is 11.6 Å². The maximum Gasteiger partial charge on any atom is 0.435 e. The minimum Gasteiger partial charge on any atom is -0.370 e. The van der Waals surface area contributed by atoms with Gasteiger partial charge in [-0.1, -0.05) is 71.8 Å². The van der Waals surface area contributed by atoms with Gasteiger partial charge in [-0.15, -0.1) is 0 Å². The molecule has 0 spiro atoms. The van der Waals surface area contributed by atoms with Gasteiger partial charge in [-0.2, -0.15) is 31.4 Å². The summed E-state index contributed by atoms with van der Waals surface area (Å²) < 4.78 is 96.5. The first-order valence-electron chi connectivity index (χ1n) is 17.1. The van der Waals surface area contributed by atoms with E-state index in [-0.39, 0.29) is 24.3 Å². The van der Waals surface area contributed by atoms with Gasteiger partial charge in [-0.05, 0) is 106 Å². The van der Waals surface area contributed by atoms with Gasteiger partial charge in [0.2, 0.25) is 0 Å². The Balaban J connectivity index is 1.78. The van der Waals surface area contributed by atoms with E-state index in [9.17, 15) is 26.3 Å². The molecular weight excluding hydrogens is 718 g/mol. The van der Waals surface area contributed by atoms with Crippen molar-refractivity contribution in [1.29, 1.82) is 0 Å². The standard InChI is InChI=1S/C40H47ClF6N4O2/c1-25-8-10-27(11-9-25)12-13-28-14-16-30(34-22-35(40(45,46)47)50-51(34)6)31(36(28)29-15-17-33(41)32(21-29)39(42,43)44)20-26(2)18-19-49-23-37(3,4)53-24-38(5,48)52-7/h8-11,14-17,21-22,49H,2,12-13,18-20,23-24,48H2,1,3-7H3. The molecule has 1 atom stereocenters. The fraction of sp³-hybridized carbons (Fsp3) is 0.425. The van der Waals surface area contributed by atoms with E-state index in [1.165, 1.54) is 26.3 Å². The third-order valence-electron chi connectivity index (χ3n) is 9.06. The molecule has 0 aliphatic carbocycles. The first-order valence-corrected chi connectivity index (χ1v) is 17.5. The van der Waals surface area contributed by atoms with Gasteiger partial charge in [-0.3, -0.25) is 4.68 Å². The predicted octanol–water partition coefficient (Wildman–Crippen LogP) is 9.73. The Morgan fingerprint density at radius 3 is 2.23 bits per heavy atom. The van der Waals surface area contributed by atoms with Gasteiger partial charge in [0.1, 0.15) is 5.72 Å². The molecule has 0 bridgehead atoms. The number of aryl methyl sites for hydroxylation is 4. The molecule has 1 aromatic heterocycles. The predicted molar refractivity (Wildman–Crippen MR) is 198 cm³/mol. The average Bonchev–Trinajstić information content (AvgIpc) is 3.47. The van der Waals surface area contributed by atoms with E-state index in [1.807, 2.05) is 45.0 Å². The van der Waals surface area contributed by atoms with Crippen LogP contribution >= 0.6 is 11.6 Å². The van der Waals surface area contributed by atoms with E-state index in [4.69, 9.17) is 26.8 Å². The summed E-state index contributed by atoms with van der Waals surface area (Å²) in [6.45, 7) is 12.9. The number of nitrogens with two attached hydrogens (primary N) is 1. The molecule has 0 fully saturated rings. The van der Waals surface area contributed by atoms with Crippen molar-refractivity contribution in [3.8, 4) is 22.4 Å². The summed E-state index contributed by atoms with van der Waals surface area (Å²) in [6.07, 6.45) is -7.79. The smallest absolute Gasteiger partial charge is 0.370 e. The Morgan fingerprint density at radius 1 is 0.943 bits per heavy atom. The number of rotatable bonds is 16. The average molecular weight is 765 g/mol. The molecule has 4 aromatic rings. The molecule has 0 saturated heterocycles. The molecule has 53 heavy (non-hydrogen) atoms. The second-order valence-corrected chi connectivity index (χ2v) is 14.7. The van der Waals surface area contributed by atoms with Gasteiger partial charge in [0.05, 0.1) is 28.5 Å². The third kappa shape index (κ3) is 11.4. The number of halogens is 7. The lowest BCUT2D eigenvalue weighted by molar-refractivity contribution is -0.141. The molecule has 0 aliphatic heterocycles. The molecular formula is C40H47ClF6N4O2. The van der Waals surface area contributed by atoms with Crippen molar-refractivity contribution in [3.05, 3.63) is 111 Å². The van der Waals surface area contributed by atoms with Crippen molar-refractivity contribution in [1.82, 2.24) is 15.1 Å². The lowest BCUT2D eigenvalue weighted by atomic mass is 9.84. The third-order valence-corrected chi connectivity index (χ3v) is 9.39. The zero-order valence-electron chi connectivity index (χ0n) is 30.9. The van der Waals surface area contributed by atoms with Crippen LogP contribution in [-0.2, 0) is 48.1 Å². The van der Waals surface area contributed by atoms with E-state index in [0.717, 1.165) is 33.5 Å². The zero-order valence-corrected chi connectivity index (χ0v) is 31.6. The molecule has 3 N–H and O–H groups in total. The Hall–Kier alpha value is -3.68. The zero-order chi connectivity index (χ0) is 39.4. The number of benzene rings is 3. The number of nitrogens with one attached hydrogen (secondary N) is 1. The molecule has 1 unspecified atom stereocenters. The Morgan fingerprint density at radius 2 is 1.62 bits per heavy atom. The Kier molecular flexibility index (Phi) is 13.3. The molecule has 3 aromatic carbocycles. The minimum atomic E-state index is -4.74. The van der Waals surface area contributed by atoms with Crippen LogP contribution in [0, 0.1) is 6.92 Å². The van der Waals surface area contributed by atoms with Crippen LogP contribution in [0.3, 0.4) is 0 Å². The first-order chi connectivity index (χ1) is 24.6. The van der Waals surface area contributed by atoms with E-state index in [0.29, 0.717) is 54.6 Å². The number of hydrogen-bond donors (Lipinski definition) is 2. The highest BCUT2D eigenvalue weighted by atomic mass is 35.5. The topological polar surface area (TPSA) is 74.3 Å². The number of alkyl halides is 6. The molecule has 0 radical (unpaired) electrons. The quantitative estimate of drug-likeness (QED) is 0.0515. The van der Waals surface area contributed by atoms with Crippen molar-refractivity contribution in [2.45, 2.75) is 77.1 Å². The second-order valence-electron chi connectivity index (χ2n) is 14.3. The normalized spacial score (nSPS) is 13.7. The molecule has 0 saturated carbocycles. The largest absolute Gasteiger partial charge is 0.435 e. The monoisotopic (exact) mass is 764 g/mol. The van der Waals surface area contributed by atoms with Gasteiger partial charge in [0.15, 0.2) is 5.69 Å². The maximum atomic E-state index is 14.2. The second kappa shape index (κ2) is 16.8. The Bertz CT molecular complexity index is 1880. The van der Waals surface area contributed by atoms with Gasteiger partial charge < -0.3 is 20.5 Å². The number of hydrogen-bond acceptors (Lipinski definition) is 5. The van der Waals surface area contributed by atoms with Crippen LogP contribution in [0.5, 0.6) is 0 Å². The van der Waals surface area contributed by atoms with E-state index < -0.39 is 40.0 Å². The van der Waals surface area contributed by atoms with Gasteiger partial charge in [-0.25, -0.2) is 0 Å². The van der Waals surface area contributed by atoms with Crippen molar-refractivity contribution in [2.24, 2.45) is 12.8 Å². The minimum absolute atomic E-state index is 0.163. The fourth-order valence-corrected chi connectivity index (χ4v) is 6.14. The number of methoxy groups -OCH3 is 1. The number of aromatic nitrogens is 2. The molecule has 13 heteroatoms. The van der Waals surface area contributed by atoms with Crippen molar-refractivity contribution in [2.75, 3.05) is 26.8 Å². The van der Waals surface area contributed by atoms with Crippen LogP contribution in [0.1, 0.15) is 60.7 Å². The van der Waals surface area contributed by atoms with Crippen molar-refractivity contribution in [3.63, 3.8) is 0 Å². The highest BCUT2D eigenvalue weighted by molar-refractivity contribution is 6.31. The molecule has 288 valence electrons. The first kappa shape index (κ1) is 42.1. The van der Waals surface area contributed by atoms with E-state index in [2.05, 4.69) is 17.0 Å². The highest BCUT2D eigenvalue weighted by Gasteiger charge is 2.36. The van der Waals surface area contributed by atoms with Crippen LogP contribution in [-0.4, -0.2) is 47.9 Å². The summed E-state index contributed by atoms with van der Waals surface area (Å²) in [5.41, 5.74) is 7.79. The maximum absolute atomic E-state index is 14.2. The molecule has 0 aliphatic rings. The summed E-state index contributed by atoms with van der Waals surface area (Å²) in [5, 5.41) is 6.63. The summed E-state index contributed by atoms with van der Waals surface area (Å²) in [5.74, 6) is 0. The van der Waals surface area contributed by atoms with Gasteiger partial charge in [0, 0.05) is 26.3 Å². The summed E-state index contributed by atoms with van der Waals surface area (Å²) in [4.78, 5) is 0. The van der Waals surface area contributed by atoms with E-state index in [1.54, 1.807) is 19.1 Å². The highest BCUT2D eigenvalue weighted by Crippen LogP contribution is 2.43. The van der Waals surface area contributed by atoms with E-state index >= 15 is 0 Å². The lowest BCUT2D eigenvalue weighted by Gasteiger charge is -2.31. The number of ether oxygens (including phenoxy) is 2. The summed E-state index contributed by atoms with van der Waals surface area (Å²) in [6, 6.07) is 16.1. The molecule has 4 rings (SSSR count). The lowest BCUT2D eigenvalue weighted by Crippen LogP contribution is -2.48. The Labute approximate surface area is 312 Å². The van der Waals surface area contributed by atoms with Crippen LogP contribution in [0.4, 0.5) is 26.3 Å². The van der Waals surface area contributed by atoms with Crippen molar-refractivity contribution < 1.29 is 35.8 Å². The summed E-state index contributed by atoms with van der Waals surface area (Å²) in [7, 11) is 2.91. The van der Waals surface area contributed by atoms with Crippen LogP contribution in [0.15, 0.2) is 72.8 Å². The fourth-order valence-electron chi connectivity index (χ4n) is 5.92. The van der Waals surface area contributed by atoms with Gasteiger partial charge in [0.25, 0.3) is 0 Å². The molecule has 6 nitrogen and oxygen atoms in total. The van der Waals surface area contributed by atoms with Crippen LogP contribution in [0.25, 0.3) is 22.4 Å². The molecule has 1 heterocycles. The number of nitrogens with zero attached hydrogens (tertiary/aromatic N) is 2. The summed E-state index contributed by atoms with van der Waals surface area (Å²) >= 11 is 6.05. The van der Waals surface area contributed by atoms with Crippen LogP contribution in [0.2, 0.25) is 5.02 Å².